The van der Waals surface area contributed by atoms with E-state index in [9.17, 15) is 0 Å². The molecule has 0 aromatic heterocycles. The van der Waals surface area contributed by atoms with Gasteiger partial charge in [-0.1, -0.05) is 37.6 Å². The van der Waals surface area contributed by atoms with E-state index in [1.54, 1.807) is 0 Å². The molecule has 0 amide bonds. The van der Waals surface area contributed by atoms with Crippen molar-refractivity contribution in [2.45, 2.75) is 51.0 Å². The summed E-state index contributed by atoms with van der Waals surface area (Å²) in [5.74, 6) is 0.718. The molecule has 0 spiro atoms. The lowest BCUT2D eigenvalue weighted by molar-refractivity contribution is 0.674. The van der Waals surface area contributed by atoms with Gasteiger partial charge in [0.25, 0.3) is 0 Å². The minimum absolute atomic E-state index is 0.435. The predicted molar refractivity (Wildman–Crippen MR) is 65.0 cm³/mol. The number of aryl methyl sites for hydroxylation is 1. The van der Waals surface area contributed by atoms with Crippen LogP contribution in [0.4, 0.5) is 0 Å². The zero-order valence-electron chi connectivity index (χ0n) is 9.58. The van der Waals surface area contributed by atoms with Crippen LogP contribution in [-0.4, -0.2) is 6.04 Å². The normalized spacial score (nSPS) is 25.7. The Labute approximate surface area is 92.7 Å². The third-order valence-corrected chi connectivity index (χ3v) is 3.46. The van der Waals surface area contributed by atoms with Crippen LogP contribution in [0.15, 0.2) is 24.3 Å². The second kappa shape index (κ2) is 4.80. The standard InChI is InChI=1S/C14H21N/c1-2-3-11-4-6-12(7-5-11)13-8-9-14(15)10-13/h4-7,13-14H,2-3,8-10,15H2,1H3. The van der Waals surface area contributed by atoms with E-state index in [1.807, 2.05) is 0 Å². The summed E-state index contributed by atoms with van der Waals surface area (Å²) < 4.78 is 0. The second-order valence-corrected chi connectivity index (χ2v) is 4.76. The Morgan fingerprint density at radius 1 is 1.20 bits per heavy atom. The average Bonchev–Trinajstić information content (AvgIpc) is 2.67. The smallest absolute Gasteiger partial charge is 0.00448 e. The molecule has 1 nitrogen and oxygen atoms in total. The van der Waals surface area contributed by atoms with Crippen molar-refractivity contribution >= 4 is 0 Å². The fraction of sp³-hybridized carbons (Fsp3) is 0.571. The molecule has 0 aliphatic heterocycles. The minimum atomic E-state index is 0.435. The Hall–Kier alpha value is -0.820. The molecule has 0 heterocycles. The number of rotatable bonds is 3. The van der Waals surface area contributed by atoms with Gasteiger partial charge in [-0.05, 0) is 42.7 Å². The molecule has 1 fully saturated rings. The highest BCUT2D eigenvalue weighted by molar-refractivity contribution is 5.26. The lowest BCUT2D eigenvalue weighted by Gasteiger charge is -2.10. The Morgan fingerprint density at radius 3 is 2.47 bits per heavy atom. The highest BCUT2D eigenvalue weighted by atomic mass is 14.6. The maximum atomic E-state index is 5.94. The van der Waals surface area contributed by atoms with Gasteiger partial charge in [0, 0.05) is 6.04 Å². The van der Waals surface area contributed by atoms with Gasteiger partial charge in [0.1, 0.15) is 0 Å². The highest BCUT2D eigenvalue weighted by Gasteiger charge is 2.22. The van der Waals surface area contributed by atoms with Crippen molar-refractivity contribution < 1.29 is 0 Å². The lowest BCUT2D eigenvalue weighted by Crippen LogP contribution is -2.14. The quantitative estimate of drug-likeness (QED) is 0.802. The molecule has 2 rings (SSSR count). The molecule has 82 valence electrons. The first-order chi connectivity index (χ1) is 7.29. The highest BCUT2D eigenvalue weighted by Crippen LogP contribution is 2.33. The fourth-order valence-corrected chi connectivity index (χ4v) is 2.56. The molecule has 0 saturated heterocycles. The Kier molecular flexibility index (Phi) is 3.42. The van der Waals surface area contributed by atoms with E-state index in [0.717, 1.165) is 5.92 Å². The zero-order chi connectivity index (χ0) is 10.7. The first-order valence-corrected chi connectivity index (χ1v) is 6.14. The average molecular weight is 203 g/mol. The molecule has 1 aliphatic rings. The zero-order valence-corrected chi connectivity index (χ0v) is 9.58. The maximum Gasteiger partial charge on any atom is 0.00448 e. The van der Waals surface area contributed by atoms with E-state index in [0.29, 0.717) is 6.04 Å². The van der Waals surface area contributed by atoms with E-state index in [4.69, 9.17) is 5.73 Å². The Bertz CT molecular complexity index is 302. The van der Waals surface area contributed by atoms with E-state index < -0.39 is 0 Å². The predicted octanol–water partition coefficient (Wildman–Crippen LogP) is 3.23. The summed E-state index contributed by atoms with van der Waals surface area (Å²) in [5, 5.41) is 0. The largest absolute Gasteiger partial charge is 0.328 e. The number of hydrogen-bond donors (Lipinski definition) is 1. The van der Waals surface area contributed by atoms with Crippen molar-refractivity contribution in [2.24, 2.45) is 5.73 Å². The van der Waals surface area contributed by atoms with Gasteiger partial charge in [0.05, 0.1) is 0 Å². The van der Waals surface area contributed by atoms with Crippen molar-refractivity contribution in [3.63, 3.8) is 0 Å². The van der Waals surface area contributed by atoms with Crippen LogP contribution in [0.25, 0.3) is 0 Å². The molecule has 2 N–H and O–H groups in total. The Balaban J connectivity index is 2.03. The van der Waals surface area contributed by atoms with Crippen LogP contribution in [-0.2, 0) is 6.42 Å². The second-order valence-electron chi connectivity index (χ2n) is 4.76. The monoisotopic (exact) mass is 203 g/mol. The first kappa shape index (κ1) is 10.7. The SMILES string of the molecule is CCCc1ccc(C2CCC(N)C2)cc1. The van der Waals surface area contributed by atoms with Gasteiger partial charge in [-0.3, -0.25) is 0 Å². The number of hydrogen-bond acceptors (Lipinski definition) is 1. The van der Waals surface area contributed by atoms with E-state index >= 15 is 0 Å². The van der Waals surface area contributed by atoms with Gasteiger partial charge in [-0.15, -0.1) is 0 Å². The van der Waals surface area contributed by atoms with Crippen LogP contribution in [0.1, 0.15) is 49.7 Å². The van der Waals surface area contributed by atoms with Crippen LogP contribution in [0.2, 0.25) is 0 Å². The third kappa shape index (κ3) is 2.60. The topological polar surface area (TPSA) is 26.0 Å². The van der Waals surface area contributed by atoms with Gasteiger partial charge >= 0.3 is 0 Å². The van der Waals surface area contributed by atoms with Crippen LogP contribution < -0.4 is 5.73 Å². The van der Waals surface area contributed by atoms with Crippen molar-refractivity contribution in [2.75, 3.05) is 0 Å². The maximum absolute atomic E-state index is 5.94. The molecule has 1 aromatic carbocycles. The Morgan fingerprint density at radius 2 is 1.93 bits per heavy atom. The molecular weight excluding hydrogens is 182 g/mol. The molecule has 15 heavy (non-hydrogen) atoms. The summed E-state index contributed by atoms with van der Waals surface area (Å²) >= 11 is 0. The van der Waals surface area contributed by atoms with Crippen molar-refractivity contribution in [1.82, 2.24) is 0 Å². The molecular formula is C14H21N. The molecule has 1 saturated carbocycles. The van der Waals surface area contributed by atoms with Gasteiger partial charge in [0.2, 0.25) is 0 Å². The van der Waals surface area contributed by atoms with E-state index in [-0.39, 0.29) is 0 Å². The van der Waals surface area contributed by atoms with Gasteiger partial charge in [-0.25, -0.2) is 0 Å². The molecule has 1 heteroatoms. The molecule has 2 unspecified atom stereocenters. The van der Waals surface area contributed by atoms with Crippen molar-refractivity contribution in [3.05, 3.63) is 35.4 Å². The summed E-state index contributed by atoms with van der Waals surface area (Å²) in [7, 11) is 0. The van der Waals surface area contributed by atoms with E-state index in [2.05, 4.69) is 31.2 Å². The third-order valence-electron chi connectivity index (χ3n) is 3.46. The van der Waals surface area contributed by atoms with Crippen molar-refractivity contribution in [3.8, 4) is 0 Å². The minimum Gasteiger partial charge on any atom is -0.328 e. The summed E-state index contributed by atoms with van der Waals surface area (Å²) in [6.07, 6.45) is 6.07. The number of nitrogens with two attached hydrogens (primary N) is 1. The fourth-order valence-electron chi connectivity index (χ4n) is 2.56. The number of benzene rings is 1. The van der Waals surface area contributed by atoms with Crippen LogP contribution in [0, 0.1) is 0 Å². The summed E-state index contributed by atoms with van der Waals surface area (Å²) in [4.78, 5) is 0. The van der Waals surface area contributed by atoms with Crippen LogP contribution >= 0.6 is 0 Å². The first-order valence-electron chi connectivity index (χ1n) is 6.14. The van der Waals surface area contributed by atoms with Gasteiger partial charge in [-0.2, -0.15) is 0 Å². The van der Waals surface area contributed by atoms with Gasteiger partial charge < -0.3 is 5.73 Å². The molecule has 1 aromatic rings. The van der Waals surface area contributed by atoms with Gasteiger partial charge in [0.15, 0.2) is 0 Å². The molecule has 2 atom stereocenters. The van der Waals surface area contributed by atoms with Crippen LogP contribution in [0.3, 0.4) is 0 Å². The molecule has 0 radical (unpaired) electrons. The summed E-state index contributed by atoms with van der Waals surface area (Å²) in [6.45, 7) is 2.23. The van der Waals surface area contributed by atoms with E-state index in [1.165, 1.54) is 43.2 Å². The summed E-state index contributed by atoms with van der Waals surface area (Å²) in [6, 6.07) is 9.59. The lowest BCUT2D eigenvalue weighted by atomic mass is 9.96. The summed E-state index contributed by atoms with van der Waals surface area (Å²) in [5.41, 5.74) is 8.89. The van der Waals surface area contributed by atoms with Crippen LogP contribution in [0.5, 0.6) is 0 Å². The van der Waals surface area contributed by atoms with Crippen molar-refractivity contribution in [1.29, 1.82) is 0 Å². The molecule has 1 aliphatic carbocycles. The molecule has 0 bridgehead atoms.